The van der Waals surface area contributed by atoms with Crippen molar-refractivity contribution in [2.75, 3.05) is 24.2 Å². The van der Waals surface area contributed by atoms with Gasteiger partial charge in [0.05, 0.1) is 0 Å². The lowest BCUT2D eigenvalue weighted by Gasteiger charge is -2.12. The third kappa shape index (κ3) is 3.45. The number of benzene rings is 2. The molecule has 0 amide bonds. The average molecular weight is 324 g/mol. The van der Waals surface area contributed by atoms with Crippen LogP contribution in [0.2, 0.25) is 0 Å². The molecule has 0 saturated carbocycles. The van der Waals surface area contributed by atoms with Crippen LogP contribution in [0.25, 0.3) is 0 Å². The number of nitrogens with zero attached hydrogens (tertiary/aromatic N) is 2. The van der Waals surface area contributed by atoms with Crippen LogP contribution in [0, 0.1) is 20.8 Å². The molecule has 0 fully saturated rings. The van der Waals surface area contributed by atoms with Gasteiger partial charge in [0.2, 0.25) is 0 Å². The van der Waals surface area contributed by atoms with Crippen molar-refractivity contribution in [3.8, 4) is 0 Å². The van der Waals surface area contributed by atoms with E-state index in [0.717, 1.165) is 19.6 Å². The molecule has 23 heavy (non-hydrogen) atoms. The van der Waals surface area contributed by atoms with Crippen LogP contribution in [0.4, 0.5) is 5.69 Å². The van der Waals surface area contributed by atoms with Crippen molar-refractivity contribution in [1.29, 1.82) is 0 Å². The summed E-state index contributed by atoms with van der Waals surface area (Å²) < 4.78 is 2.30. The van der Waals surface area contributed by atoms with Crippen molar-refractivity contribution in [2.45, 2.75) is 32.2 Å². The minimum Gasteiger partial charge on any atom is -0.246 e. The Bertz CT molecular complexity index is 726. The predicted molar refractivity (Wildman–Crippen MR) is 100 cm³/mol. The molecule has 1 aliphatic rings. The summed E-state index contributed by atoms with van der Waals surface area (Å²) in [5, 5.41) is 0. The summed E-state index contributed by atoms with van der Waals surface area (Å²) >= 11 is 1.81. The quantitative estimate of drug-likeness (QED) is 0.612. The summed E-state index contributed by atoms with van der Waals surface area (Å²) in [5.41, 5.74) is 6.69. The Labute approximate surface area is 143 Å². The van der Waals surface area contributed by atoms with Crippen molar-refractivity contribution in [3.63, 3.8) is 0 Å². The Hall–Kier alpha value is -1.74. The molecule has 3 rings (SSSR count). The van der Waals surface area contributed by atoms with Crippen LogP contribution in [-0.4, -0.2) is 30.3 Å². The van der Waals surface area contributed by atoms with Gasteiger partial charge in [-0.3, -0.25) is 0 Å². The normalized spacial score (nSPS) is 14.3. The smallest absolute Gasteiger partial charge is 0.246 e. The van der Waals surface area contributed by atoms with E-state index in [1.54, 1.807) is 0 Å². The highest BCUT2D eigenvalue weighted by molar-refractivity contribution is 7.98. The van der Waals surface area contributed by atoms with Crippen LogP contribution in [0.5, 0.6) is 0 Å². The van der Waals surface area contributed by atoms with Crippen LogP contribution in [0.1, 0.15) is 22.3 Å². The van der Waals surface area contributed by atoms with Crippen LogP contribution < -0.4 is 4.90 Å². The number of rotatable bonds is 4. The van der Waals surface area contributed by atoms with Crippen LogP contribution >= 0.6 is 11.8 Å². The van der Waals surface area contributed by atoms with Gasteiger partial charge in [-0.2, -0.15) is 0 Å². The minimum absolute atomic E-state index is 0.928. The fraction of sp³-hybridized carbons (Fsp3) is 0.350. The van der Waals surface area contributed by atoms with Crippen LogP contribution in [0.3, 0.4) is 0 Å². The maximum absolute atomic E-state index is 3.57. The molecule has 0 aliphatic carbocycles. The molecule has 0 atom stereocenters. The Morgan fingerprint density at radius 3 is 2.52 bits per heavy atom. The van der Waals surface area contributed by atoms with E-state index < -0.39 is 0 Å². The van der Waals surface area contributed by atoms with Crippen molar-refractivity contribution in [2.24, 2.45) is 0 Å². The predicted octanol–water partition coefficient (Wildman–Crippen LogP) is 4.27. The molecule has 0 saturated heterocycles. The molecule has 0 aromatic heterocycles. The zero-order valence-electron chi connectivity index (χ0n) is 14.4. The lowest BCUT2D eigenvalue weighted by atomic mass is 10.0. The maximum Gasteiger partial charge on any atom is 0.369 e. The second-order valence-corrected chi connectivity index (χ2v) is 7.08. The van der Waals surface area contributed by atoms with Gasteiger partial charge in [-0.15, -0.1) is 11.8 Å². The first-order chi connectivity index (χ1) is 11.1. The zero-order chi connectivity index (χ0) is 16.4. The fourth-order valence-corrected chi connectivity index (χ4v) is 4.01. The fourth-order valence-electron chi connectivity index (χ4n) is 3.41. The lowest BCUT2D eigenvalue weighted by Crippen LogP contribution is -2.20. The molecule has 1 aliphatic heterocycles. The van der Waals surface area contributed by atoms with Crippen molar-refractivity contribution >= 4 is 23.8 Å². The Morgan fingerprint density at radius 1 is 1.13 bits per heavy atom. The first kappa shape index (κ1) is 16.1. The minimum atomic E-state index is 0.928. The van der Waals surface area contributed by atoms with Gasteiger partial charge in [0.25, 0.3) is 0 Å². The van der Waals surface area contributed by atoms with E-state index in [2.05, 4.69) is 79.2 Å². The van der Waals surface area contributed by atoms with E-state index in [4.69, 9.17) is 0 Å². The second kappa shape index (κ2) is 6.79. The van der Waals surface area contributed by atoms with Crippen LogP contribution in [-0.2, 0) is 6.54 Å². The summed E-state index contributed by atoms with van der Waals surface area (Å²) in [5.74, 6) is 0. The topological polar surface area (TPSA) is 6.25 Å². The molecule has 0 unspecified atom stereocenters. The molecule has 1 radical (unpaired) electrons. The van der Waals surface area contributed by atoms with E-state index in [0.29, 0.717) is 0 Å². The first-order valence-corrected chi connectivity index (χ1v) is 9.29. The highest BCUT2D eigenvalue weighted by atomic mass is 32.2. The Morgan fingerprint density at radius 2 is 1.83 bits per heavy atom. The Kier molecular flexibility index (Phi) is 4.76. The van der Waals surface area contributed by atoms with Gasteiger partial charge < -0.3 is 0 Å². The molecular weight excluding hydrogens is 300 g/mol. The van der Waals surface area contributed by atoms with Crippen LogP contribution in [0.15, 0.2) is 41.3 Å². The van der Waals surface area contributed by atoms with E-state index in [1.807, 2.05) is 11.8 Å². The zero-order valence-corrected chi connectivity index (χ0v) is 15.2. The molecule has 2 aromatic rings. The van der Waals surface area contributed by atoms with E-state index in [1.165, 1.54) is 32.8 Å². The molecule has 2 nitrogen and oxygen atoms in total. The van der Waals surface area contributed by atoms with E-state index >= 15 is 0 Å². The largest absolute Gasteiger partial charge is 0.369 e. The molecular formula is C20H24N2S+. The molecule has 3 heteroatoms. The second-order valence-electron chi connectivity index (χ2n) is 6.23. The molecule has 1 heterocycles. The van der Waals surface area contributed by atoms with Gasteiger partial charge in [0, 0.05) is 10.5 Å². The Balaban J connectivity index is 1.84. The molecule has 2 aromatic carbocycles. The molecule has 0 bridgehead atoms. The summed E-state index contributed by atoms with van der Waals surface area (Å²) in [6.07, 6.45) is 5.71. The van der Waals surface area contributed by atoms with E-state index in [-0.39, 0.29) is 0 Å². The molecule has 0 spiro atoms. The van der Waals surface area contributed by atoms with Gasteiger partial charge in [0.1, 0.15) is 25.3 Å². The van der Waals surface area contributed by atoms with Crippen molar-refractivity contribution < 1.29 is 4.58 Å². The maximum atomic E-state index is 3.57. The van der Waals surface area contributed by atoms with Crippen molar-refractivity contribution in [1.82, 2.24) is 0 Å². The molecule has 0 N–H and O–H groups in total. The molecule has 119 valence electrons. The van der Waals surface area contributed by atoms with Gasteiger partial charge in [0.15, 0.2) is 0 Å². The lowest BCUT2D eigenvalue weighted by molar-refractivity contribution is -0.530. The number of anilines is 1. The highest BCUT2D eigenvalue weighted by Crippen LogP contribution is 2.27. The first-order valence-electron chi connectivity index (χ1n) is 8.07. The number of aryl methyl sites for hydroxylation is 3. The summed E-state index contributed by atoms with van der Waals surface area (Å²) in [7, 11) is 0. The monoisotopic (exact) mass is 324 g/mol. The van der Waals surface area contributed by atoms with Gasteiger partial charge >= 0.3 is 6.34 Å². The third-order valence-corrected chi connectivity index (χ3v) is 5.15. The number of hydrogen-bond acceptors (Lipinski definition) is 2. The average Bonchev–Trinajstić information content (AvgIpc) is 2.95. The van der Waals surface area contributed by atoms with Gasteiger partial charge in [-0.1, -0.05) is 35.9 Å². The number of hydrogen-bond donors (Lipinski definition) is 0. The third-order valence-electron chi connectivity index (χ3n) is 4.31. The van der Waals surface area contributed by atoms with Gasteiger partial charge in [-0.05, 0) is 44.2 Å². The summed E-state index contributed by atoms with van der Waals surface area (Å²) in [6.45, 7) is 9.51. The van der Waals surface area contributed by atoms with Crippen molar-refractivity contribution in [3.05, 3.63) is 58.7 Å². The number of thioether (sulfide) groups is 1. The standard InChI is InChI=1S/C20H24N2S/c1-15-11-16(2)20(17(3)12-15)22-10-9-21(14-22)13-18-7-5-6-8-19(18)23-4/h5-8,11-12H,9-10,13H2,1-4H3/q+1. The van der Waals surface area contributed by atoms with E-state index in [9.17, 15) is 0 Å². The van der Waals surface area contributed by atoms with Gasteiger partial charge in [-0.25, -0.2) is 9.48 Å². The summed E-state index contributed by atoms with van der Waals surface area (Å²) in [4.78, 5) is 3.64. The highest BCUT2D eigenvalue weighted by Gasteiger charge is 2.26. The summed E-state index contributed by atoms with van der Waals surface area (Å²) in [6, 6.07) is 13.2. The SMILES string of the molecule is CSc1ccccc1C[N+]1=[C]N(c2c(C)cc(C)cc2C)CC1.